The van der Waals surface area contributed by atoms with Crippen molar-refractivity contribution in [2.45, 2.75) is 78.9 Å². The van der Waals surface area contributed by atoms with Crippen LogP contribution in [0.25, 0.3) is 0 Å². The molecule has 5 heteroatoms. The standard InChI is InChI=1S/C18H34N2O3/c1-13(2)15-8-7-14(3)10-12-20(15)16(21)9-11-19-17(22)23-18(4,5)6/h13-15H,7-12H2,1-6H3,(H,19,22). The minimum Gasteiger partial charge on any atom is -0.444 e. The van der Waals surface area contributed by atoms with Gasteiger partial charge in [0.1, 0.15) is 5.60 Å². The van der Waals surface area contributed by atoms with Crippen LogP contribution in [0.3, 0.4) is 0 Å². The fourth-order valence-corrected chi connectivity index (χ4v) is 3.01. The van der Waals surface area contributed by atoms with Crippen molar-refractivity contribution in [1.82, 2.24) is 10.2 Å². The Labute approximate surface area is 141 Å². The molecule has 1 saturated heterocycles. The minimum absolute atomic E-state index is 0.133. The molecule has 0 aromatic carbocycles. The summed E-state index contributed by atoms with van der Waals surface area (Å²) in [7, 11) is 0. The predicted molar refractivity (Wildman–Crippen MR) is 92.2 cm³/mol. The Hall–Kier alpha value is -1.26. The number of alkyl carbamates (subject to hydrolysis) is 1. The van der Waals surface area contributed by atoms with E-state index in [9.17, 15) is 9.59 Å². The fraction of sp³-hybridized carbons (Fsp3) is 0.889. The molecule has 0 aromatic heterocycles. The average molecular weight is 326 g/mol. The molecule has 2 atom stereocenters. The highest BCUT2D eigenvalue weighted by atomic mass is 16.6. The van der Waals surface area contributed by atoms with Gasteiger partial charge in [0.25, 0.3) is 0 Å². The molecule has 0 aromatic rings. The lowest BCUT2D eigenvalue weighted by Gasteiger charge is -2.33. The third-order valence-corrected chi connectivity index (χ3v) is 4.32. The Morgan fingerprint density at radius 1 is 1.22 bits per heavy atom. The molecule has 0 saturated carbocycles. The second kappa shape index (κ2) is 8.55. The molecular weight excluding hydrogens is 292 g/mol. The van der Waals surface area contributed by atoms with Crippen LogP contribution in [-0.2, 0) is 9.53 Å². The van der Waals surface area contributed by atoms with Crippen LogP contribution in [-0.4, -0.2) is 41.6 Å². The van der Waals surface area contributed by atoms with Crippen molar-refractivity contribution in [3.05, 3.63) is 0 Å². The van der Waals surface area contributed by atoms with Gasteiger partial charge < -0.3 is 15.0 Å². The number of likely N-dealkylation sites (tertiary alicyclic amines) is 1. The summed E-state index contributed by atoms with van der Waals surface area (Å²) in [4.78, 5) is 26.2. The molecule has 1 heterocycles. The molecule has 1 aliphatic heterocycles. The lowest BCUT2D eigenvalue weighted by molar-refractivity contribution is -0.134. The van der Waals surface area contributed by atoms with Gasteiger partial charge in [0.15, 0.2) is 0 Å². The van der Waals surface area contributed by atoms with E-state index in [4.69, 9.17) is 4.74 Å². The maximum atomic E-state index is 12.6. The van der Waals surface area contributed by atoms with E-state index >= 15 is 0 Å². The van der Waals surface area contributed by atoms with Crippen LogP contribution in [0.1, 0.15) is 67.2 Å². The maximum absolute atomic E-state index is 12.6. The van der Waals surface area contributed by atoms with Gasteiger partial charge in [-0.05, 0) is 51.9 Å². The van der Waals surface area contributed by atoms with Crippen molar-refractivity contribution in [2.75, 3.05) is 13.1 Å². The second-order valence-corrected chi connectivity index (χ2v) is 8.05. The molecular formula is C18H34N2O3. The van der Waals surface area contributed by atoms with E-state index in [1.165, 1.54) is 6.42 Å². The summed E-state index contributed by atoms with van der Waals surface area (Å²) in [5.74, 6) is 1.27. The van der Waals surface area contributed by atoms with E-state index in [-0.39, 0.29) is 5.91 Å². The molecule has 1 fully saturated rings. The molecule has 0 aliphatic carbocycles. The van der Waals surface area contributed by atoms with Gasteiger partial charge in [-0.3, -0.25) is 4.79 Å². The monoisotopic (exact) mass is 326 g/mol. The smallest absolute Gasteiger partial charge is 0.407 e. The van der Waals surface area contributed by atoms with Crippen LogP contribution in [0.5, 0.6) is 0 Å². The number of nitrogens with zero attached hydrogens (tertiary/aromatic N) is 1. The summed E-state index contributed by atoms with van der Waals surface area (Å²) < 4.78 is 5.18. The minimum atomic E-state index is -0.516. The lowest BCUT2D eigenvalue weighted by Crippen LogP contribution is -2.44. The molecule has 1 N–H and O–H groups in total. The number of hydrogen-bond donors (Lipinski definition) is 1. The molecule has 2 unspecified atom stereocenters. The summed E-state index contributed by atoms with van der Waals surface area (Å²) in [6.45, 7) is 13.2. The molecule has 0 spiro atoms. The highest BCUT2D eigenvalue weighted by Crippen LogP contribution is 2.26. The van der Waals surface area contributed by atoms with Crippen LogP contribution >= 0.6 is 0 Å². The van der Waals surface area contributed by atoms with Gasteiger partial charge in [-0.15, -0.1) is 0 Å². The van der Waals surface area contributed by atoms with E-state index in [1.54, 1.807) is 0 Å². The summed E-state index contributed by atoms with van der Waals surface area (Å²) in [5, 5.41) is 2.67. The molecule has 23 heavy (non-hydrogen) atoms. The summed E-state index contributed by atoms with van der Waals surface area (Å²) in [6, 6.07) is 0.314. The first-order chi connectivity index (χ1) is 10.6. The Balaban J connectivity index is 2.49. The first kappa shape index (κ1) is 19.8. The quantitative estimate of drug-likeness (QED) is 0.859. The fourth-order valence-electron chi connectivity index (χ4n) is 3.01. The molecule has 0 bridgehead atoms. The summed E-state index contributed by atoms with van der Waals surface area (Å²) >= 11 is 0. The molecule has 5 nitrogen and oxygen atoms in total. The van der Waals surface area contributed by atoms with Crippen LogP contribution in [0, 0.1) is 11.8 Å². The normalized spacial score (nSPS) is 22.7. The van der Waals surface area contributed by atoms with Gasteiger partial charge in [-0.2, -0.15) is 0 Å². The van der Waals surface area contributed by atoms with Crippen LogP contribution < -0.4 is 5.32 Å². The van der Waals surface area contributed by atoms with E-state index in [2.05, 4.69) is 26.1 Å². The molecule has 2 amide bonds. The third kappa shape index (κ3) is 7.23. The molecule has 134 valence electrons. The van der Waals surface area contributed by atoms with Crippen molar-refractivity contribution in [3.63, 3.8) is 0 Å². The molecule has 1 aliphatic rings. The van der Waals surface area contributed by atoms with Crippen LogP contribution in [0.2, 0.25) is 0 Å². The van der Waals surface area contributed by atoms with Gasteiger partial charge in [0.05, 0.1) is 0 Å². The first-order valence-electron chi connectivity index (χ1n) is 8.86. The Morgan fingerprint density at radius 2 is 1.87 bits per heavy atom. The first-order valence-corrected chi connectivity index (χ1v) is 8.86. The number of ether oxygens (including phenoxy) is 1. The third-order valence-electron chi connectivity index (χ3n) is 4.32. The number of rotatable bonds is 4. The largest absolute Gasteiger partial charge is 0.444 e. The Bertz CT molecular complexity index is 402. The average Bonchev–Trinajstić information content (AvgIpc) is 2.58. The number of carbonyl (C=O) groups is 2. The highest BCUT2D eigenvalue weighted by molar-refractivity contribution is 5.77. The number of nitrogens with one attached hydrogen (secondary N) is 1. The SMILES string of the molecule is CC1CCC(C(C)C)N(C(=O)CCNC(=O)OC(C)(C)C)CC1. The number of carbonyl (C=O) groups excluding carboxylic acids is 2. The topological polar surface area (TPSA) is 58.6 Å². The Kier molecular flexibility index (Phi) is 7.36. The van der Waals surface area contributed by atoms with E-state index < -0.39 is 11.7 Å². The zero-order valence-corrected chi connectivity index (χ0v) is 15.6. The number of amides is 2. The zero-order valence-electron chi connectivity index (χ0n) is 15.6. The van der Waals surface area contributed by atoms with E-state index in [0.29, 0.717) is 30.8 Å². The molecule has 1 rings (SSSR count). The zero-order chi connectivity index (χ0) is 17.6. The van der Waals surface area contributed by atoms with E-state index in [0.717, 1.165) is 19.4 Å². The van der Waals surface area contributed by atoms with Crippen molar-refractivity contribution >= 4 is 12.0 Å². The van der Waals surface area contributed by atoms with Gasteiger partial charge in [0, 0.05) is 25.6 Å². The summed E-state index contributed by atoms with van der Waals surface area (Å²) in [6.07, 6.45) is 3.19. The van der Waals surface area contributed by atoms with Crippen molar-refractivity contribution in [1.29, 1.82) is 0 Å². The Morgan fingerprint density at radius 3 is 2.43 bits per heavy atom. The van der Waals surface area contributed by atoms with Gasteiger partial charge in [-0.1, -0.05) is 20.8 Å². The van der Waals surface area contributed by atoms with Crippen molar-refractivity contribution < 1.29 is 14.3 Å². The highest BCUT2D eigenvalue weighted by Gasteiger charge is 2.29. The van der Waals surface area contributed by atoms with Gasteiger partial charge in [-0.25, -0.2) is 4.79 Å². The van der Waals surface area contributed by atoms with Crippen LogP contribution in [0.4, 0.5) is 4.79 Å². The second-order valence-electron chi connectivity index (χ2n) is 8.05. The molecule has 0 radical (unpaired) electrons. The van der Waals surface area contributed by atoms with Gasteiger partial charge in [0.2, 0.25) is 5.91 Å². The maximum Gasteiger partial charge on any atom is 0.407 e. The summed E-state index contributed by atoms with van der Waals surface area (Å²) in [5.41, 5.74) is -0.516. The number of hydrogen-bond acceptors (Lipinski definition) is 3. The van der Waals surface area contributed by atoms with Gasteiger partial charge >= 0.3 is 6.09 Å². The van der Waals surface area contributed by atoms with Crippen LogP contribution in [0.15, 0.2) is 0 Å². The lowest BCUT2D eigenvalue weighted by atomic mass is 9.95. The van der Waals surface area contributed by atoms with Crippen molar-refractivity contribution in [3.8, 4) is 0 Å². The predicted octanol–water partition coefficient (Wildman–Crippen LogP) is 3.57. The van der Waals surface area contributed by atoms with Crippen molar-refractivity contribution in [2.24, 2.45) is 11.8 Å². The van der Waals surface area contributed by atoms with E-state index in [1.807, 2.05) is 25.7 Å².